The SMILES string of the molecule is C[N+]1(C)CCSC1c1ccccc1. The molecule has 1 heterocycles. The quantitative estimate of drug-likeness (QED) is 0.619. The molecule has 1 nitrogen and oxygen atoms in total. The largest absolute Gasteiger partial charge is 0.313 e. The van der Waals surface area contributed by atoms with Crippen LogP contribution in [0.3, 0.4) is 0 Å². The normalized spacial score (nSPS) is 26.2. The number of benzene rings is 1. The number of hydrogen-bond donors (Lipinski definition) is 0. The fraction of sp³-hybridized carbons (Fsp3) is 0.455. The van der Waals surface area contributed by atoms with Crippen molar-refractivity contribution in [2.24, 2.45) is 0 Å². The van der Waals surface area contributed by atoms with E-state index in [2.05, 4.69) is 56.2 Å². The van der Waals surface area contributed by atoms with Crippen LogP contribution in [0.5, 0.6) is 0 Å². The van der Waals surface area contributed by atoms with Crippen molar-refractivity contribution in [3.63, 3.8) is 0 Å². The second kappa shape index (κ2) is 3.35. The van der Waals surface area contributed by atoms with Crippen LogP contribution in [0.25, 0.3) is 0 Å². The molecule has 1 unspecified atom stereocenters. The van der Waals surface area contributed by atoms with Gasteiger partial charge >= 0.3 is 0 Å². The Morgan fingerprint density at radius 2 is 1.92 bits per heavy atom. The van der Waals surface area contributed by atoms with E-state index >= 15 is 0 Å². The summed E-state index contributed by atoms with van der Waals surface area (Å²) in [6.07, 6.45) is 0. The van der Waals surface area contributed by atoms with Gasteiger partial charge in [-0.05, 0) is 0 Å². The van der Waals surface area contributed by atoms with Crippen LogP contribution in [0.15, 0.2) is 30.3 Å². The maximum Gasteiger partial charge on any atom is 0.161 e. The average molecular weight is 194 g/mol. The topological polar surface area (TPSA) is 0 Å². The summed E-state index contributed by atoms with van der Waals surface area (Å²) < 4.78 is 1.12. The fourth-order valence-electron chi connectivity index (χ4n) is 1.84. The van der Waals surface area contributed by atoms with E-state index in [1.807, 2.05) is 0 Å². The predicted molar refractivity (Wildman–Crippen MR) is 58.6 cm³/mol. The first-order valence-electron chi connectivity index (χ1n) is 4.69. The third kappa shape index (κ3) is 1.74. The second-order valence-electron chi connectivity index (χ2n) is 4.14. The molecule has 1 saturated heterocycles. The van der Waals surface area contributed by atoms with Crippen LogP contribution in [-0.2, 0) is 0 Å². The summed E-state index contributed by atoms with van der Waals surface area (Å²) in [5.41, 5.74) is 1.47. The summed E-state index contributed by atoms with van der Waals surface area (Å²) >= 11 is 2.07. The lowest BCUT2D eigenvalue weighted by Gasteiger charge is -2.30. The van der Waals surface area contributed by atoms with E-state index in [0.29, 0.717) is 5.37 Å². The Labute approximate surface area is 84.3 Å². The number of thioether (sulfide) groups is 1. The first-order valence-corrected chi connectivity index (χ1v) is 5.74. The maximum atomic E-state index is 2.32. The lowest BCUT2D eigenvalue weighted by molar-refractivity contribution is -0.898. The summed E-state index contributed by atoms with van der Waals surface area (Å²) in [4.78, 5) is 0. The molecule has 0 saturated carbocycles. The van der Waals surface area contributed by atoms with Crippen molar-refractivity contribution >= 4 is 11.8 Å². The van der Waals surface area contributed by atoms with Crippen LogP contribution >= 0.6 is 11.8 Å². The molecule has 2 heteroatoms. The van der Waals surface area contributed by atoms with Gasteiger partial charge in [-0.2, -0.15) is 0 Å². The Kier molecular flexibility index (Phi) is 2.35. The van der Waals surface area contributed by atoms with Gasteiger partial charge in [0.05, 0.1) is 20.6 Å². The van der Waals surface area contributed by atoms with E-state index in [1.54, 1.807) is 0 Å². The van der Waals surface area contributed by atoms with Crippen molar-refractivity contribution in [2.75, 3.05) is 26.4 Å². The van der Waals surface area contributed by atoms with E-state index in [4.69, 9.17) is 0 Å². The van der Waals surface area contributed by atoms with Crippen LogP contribution in [0.4, 0.5) is 0 Å². The highest BCUT2D eigenvalue weighted by atomic mass is 32.2. The molecule has 1 fully saturated rings. The first kappa shape index (κ1) is 9.10. The van der Waals surface area contributed by atoms with E-state index in [0.717, 1.165) is 4.48 Å². The first-order chi connectivity index (χ1) is 6.20. The van der Waals surface area contributed by atoms with Gasteiger partial charge in [-0.1, -0.05) is 42.1 Å². The average Bonchev–Trinajstić information content (AvgIpc) is 2.47. The number of quaternary nitrogens is 1. The van der Waals surface area contributed by atoms with Gasteiger partial charge in [-0.3, -0.25) is 0 Å². The summed E-state index contributed by atoms with van der Waals surface area (Å²) in [7, 11) is 4.63. The lowest BCUT2D eigenvalue weighted by atomic mass is 10.2. The van der Waals surface area contributed by atoms with Crippen molar-refractivity contribution in [1.29, 1.82) is 0 Å². The van der Waals surface area contributed by atoms with Crippen LogP contribution in [0.2, 0.25) is 0 Å². The van der Waals surface area contributed by atoms with E-state index < -0.39 is 0 Å². The van der Waals surface area contributed by atoms with E-state index in [-0.39, 0.29) is 0 Å². The predicted octanol–water partition coefficient (Wildman–Crippen LogP) is 2.51. The second-order valence-corrected chi connectivity index (χ2v) is 5.32. The van der Waals surface area contributed by atoms with Crippen LogP contribution in [-0.4, -0.2) is 30.9 Å². The lowest BCUT2D eigenvalue weighted by Crippen LogP contribution is -2.38. The molecular formula is C11H16NS+. The minimum atomic E-state index is 0.640. The molecule has 1 aromatic rings. The summed E-state index contributed by atoms with van der Waals surface area (Å²) in [5.74, 6) is 1.28. The standard InChI is InChI=1S/C11H16NS/c1-12(2)8-9-13-11(12)10-6-4-3-5-7-10/h3-7,11H,8-9H2,1-2H3/q+1. The van der Waals surface area contributed by atoms with E-state index in [1.165, 1.54) is 17.9 Å². The number of nitrogens with zero attached hydrogens (tertiary/aromatic N) is 1. The smallest absolute Gasteiger partial charge is 0.161 e. The molecule has 2 rings (SSSR count). The third-order valence-corrected chi connectivity index (χ3v) is 4.24. The molecule has 0 radical (unpaired) electrons. The zero-order valence-corrected chi connectivity index (χ0v) is 9.05. The Hall–Kier alpha value is -0.470. The van der Waals surface area contributed by atoms with Crippen molar-refractivity contribution < 1.29 is 4.48 Å². The van der Waals surface area contributed by atoms with Gasteiger partial charge in [-0.15, -0.1) is 0 Å². The fourth-order valence-corrected chi connectivity index (χ4v) is 3.49. The highest BCUT2D eigenvalue weighted by molar-refractivity contribution is 7.99. The molecule has 1 aliphatic rings. The Morgan fingerprint density at radius 1 is 1.23 bits per heavy atom. The van der Waals surface area contributed by atoms with Crippen molar-refractivity contribution in [3.05, 3.63) is 35.9 Å². The third-order valence-electron chi connectivity index (χ3n) is 2.66. The highest BCUT2D eigenvalue weighted by Gasteiger charge is 2.35. The van der Waals surface area contributed by atoms with Gasteiger partial charge in [-0.25, -0.2) is 0 Å². The molecule has 0 N–H and O–H groups in total. The van der Waals surface area contributed by atoms with Gasteiger partial charge in [0.15, 0.2) is 5.37 Å². The molecule has 1 aromatic carbocycles. The Balaban J connectivity index is 2.27. The molecule has 1 atom stereocenters. The maximum absolute atomic E-state index is 2.32. The summed E-state index contributed by atoms with van der Waals surface area (Å²) in [6.45, 7) is 1.28. The Bertz CT molecular complexity index is 281. The number of hydrogen-bond acceptors (Lipinski definition) is 1. The zero-order chi connectivity index (χ0) is 9.31. The van der Waals surface area contributed by atoms with Gasteiger partial charge in [0.25, 0.3) is 0 Å². The van der Waals surface area contributed by atoms with Gasteiger partial charge in [0, 0.05) is 11.3 Å². The highest BCUT2D eigenvalue weighted by Crippen LogP contribution is 2.40. The number of rotatable bonds is 1. The van der Waals surface area contributed by atoms with Crippen LogP contribution in [0.1, 0.15) is 10.9 Å². The molecule has 0 spiro atoms. The molecule has 70 valence electrons. The molecule has 0 aromatic heterocycles. The molecule has 13 heavy (non-hydrogen) atoms. The molecule has 0 bridgehead atoms. The molecule has 1 aliphatic heterocycles. The van der Waals surface area contributed by atoms with E-state index in [9.17, 15) is 0 Å². The summed E-state index contributed by atoms with van der Waals surface area (Å²) in [5, 5.41) is 0.640. The minimum absolute atomic E-state index is 0.640. The van der Waals surface area contributed by atoms with Crippen molar-refractivity contribution in [3.8, 4) is 0 Å². The van der Waals surface area contributed by atoms with Crippen molar-refractivity contribution in [1.82, 2.24) is 0 Å². The monoisotopic (exact) mass is 194 g/mol. The molecular weight excluding hydrogens is 178 g/mol. The van der Waals surface area contributed by atoms with Gasteiger partial charge < -0.3 is 4.48 Å². The molecule has 0 aliphatic carbocycles. The molecule has 0 amide bonds. The summed E-state index contributed by atoms with van der Waals surface area (Å²) in [6, 6.07) is 10.8. The van der Waals surface area contributed by atoms with Gasteiger partial charge in [0.1, 0.15) is 0 Å². The van der Waals surface area contributed by atoms with Crippen molar-refractivity contribution in [2.45, 2.75) is 5.37 Å². The van der Waals surface area contributed by atoms with Crippen LogP contribution < -0.4 is 0 Å². The minimum Gasteiger partial charge on any atom is -0.313 e. The Morgan fingerprint density at radius 3 is 2.46 bits per heavy atom. The zero-order valence-electron chi connectivity index (χ0n) is 8.23. The van der Waals surface area contributed by atoms with Crippen LogP contribution in [0, 0.1) is 0 Å². The van der Waals surface area contributed by atoms with Gasteiger partial charge in [0.2, 0.25) is 0 Å².